The summed E-state index contributed by atoms with van der Waals surface area (Å²) in [5.74, 6) is -1.62. The smallest absolute Gasteiger partial charge is 0.342 e. The number of hydrogen-bond donors (Lipinski definition) is 0. The molecule has 7 bridgehead atoms. The van der Waals surface area contributed by atoms with Gasteiger partial charge in [-0.05, 0) is 43.9 Å². The molecule has 1 aliphatic heterocycles. The molecule has 47 heavy (non-hydrogen) atoms. The molecular weight excluding hydrogens is 606 g/mol. The van der Waals surface area contributed by atoms with Crippen molar-refractivity contribution in [2.45, 2.75) is 82.5 Å². The van der Waals surface area contributed by atoms with E-state index in [1.165, 1.54) is 13.8 Å². The van der Waals surface area contributed by atoms with E-state index in [1.807, 2.05) is 12.1 Å². The van der Waals surface area contributed by atoms with Crippen LogP contribution in [0, 0.1) is 40.4 Å². The first-order valence-electron chi connectivity index (χ1n) is 17.1. The topological polar surface area (TPSA) is 119 Å². The number of ether oxygens (including phenoxy) is 7. The number of benzene rings is 1. The first-order chi connectivity index (χ1) is 22.6. The molecule has 1 heterocycles. The van der Waals surface area contributed by atoms with Gasteiger partial charge in [0.05, 0.1) is 25.9 Å². The number of piperidine rings is 1. The second-order valence-corrected chi connectivity index (χ2v) is 14.8. The summed E-state index contributed by atoms with van der Waals surface area (Å²) >= 11 is 0. The van der Waals surface area contributed by atoms with Crippen LogP contribution in [0.3, 0.4) is 0 Å². The van der Waals surface area contributed by atoms with Crippen LogP contribution in [0.4, 0.5) is 0 Å². The maximum Gasteiger partial charge on any atom is 0.342 e. The van der Waals surface area contributed by atoms with Crippen LogP contribution in [0.5, 0.6) is 5.75 Å². The molecule has 6 aliphatic rings. The number of carbonyl (C=O) groups excluding carboxylic acids is 3. The highest BCUT2D eigenvalue weighted by Crippen LogP contribution is 2.80. The maximum absolute atomic E-state index is 14.2. The Hall–Kier alpha value is -2.73. The molecule has 1 aromatic carbocycles. The van der Waals surface area contributed by atoms with Gasteiger partial charge < -0.3 is 33.2 Å². The van der Waals surface area contributed by atoms with Gasteiger partial charge in [0.25, 0.3) is 0 Å². The van der Waals surface area contributed by atoms with Gasteiger partial charge in [0.2, 0.25) is 0 Å². The second kappa shape index (κ2) is 11.7. The van der Waals surface area contributed by atoms with Crippen LogP contribution in [0.15, 0.2) is 24.3 Å². The van der Waals surface area contributed by atoms with Crippen LogP contribution < -0.4 is 4.74 Å². The summed E-state index contributed by atoms with van der Waals surface area (Å²) in [6.45, 7) is 7.14. The fourth-order valence-electron chi connectivity index (χ4n) is 12.6. The Morgan fingerprint density at radius 1 is 0.957 bits per heavy atom. The van der Waals surface area contributed by atoms with Crippen molar-refractivity contribution in [1.29, 1.82) is 0 Å². The molecular formula is C36H49NO10. The van der Waals surface area contributed by atoms with Crippen molar-refractivity contribution < 1.29 is 47.5 Å². The Kier molecular flexibility index (Phi) is 8.17. The first-order valence-corrected chi connectivity index (χ1v) is 17.1. The fourth-order valence-corrected chi connectivity index (χ4v) is 12.6. The van der Waals surface area contributed by atoms with Crippen molar-refractivity contribution in [3.8, 4) is 5.75 Å². The van der Waals surface area contributed by atoms with E-state index in [9.17, 15) is 14.4 Å². The first kappa shape index (κ1) is 32.8. The van der Waals surface area contributed by atoms with Gasteiger partial charge in [-0.25, -0.2) is 4.79 Å². The second-order valence-electron chi connectivity index (χ2n) is 14.8. The van der Waals surface area contributed by atoms with Crippen LogP contribution in [0.2, 0.25) is 0 Å². The molecule has 1 saturated heterocycles. The number of methoxy groups -OCH3 is 4. The standard InChI is InChI=1S/C36H49NO10/c1-8-37-17-34(18-41-4)14-13-26(46-33(40)21-11-9-10-12-24(21)42-5)36-23-15-22-25(43-6)16-35(47-20(3)39,27(23)29(22)45-19(2)38)28(32(36)37)30(44-7)31(34)36/h9-12,22-23,25-32H,8,13-18H2,1-7H3/t22-,23-,25+,26+,27-,28+,29+,30+,31-,32?,34+,35-,36+/m1/s1. The Labute approximate surface area is 276 Å². The van der Waals surface area contributed by atoms with E-state index in [0.717, 1.165) is 19.5 Å². The van der Waals surface area contributed by atoms with Crippen LogP contribution in [0.25, 0.3) is 0 Å². The molecule has 11 heteroatoms. The van der Waals surface area contributed by atoms with Gasteiger partial charge in [-0.2, -0.15) is 0 Å². The third-order valence-electron chi connectivity index (χ3n) is 13.2. The van der Waals surface area contributed by atoms with Crippen molar-refractivity contribution in [2.75, 3.05) is 48.1 Å². The molecule has 0 amide bonds. The third-order valence-corrected chi connectivity index (χ3v) is 13.2. The molecule has 1 unspecified atom stereocenters. The summed E-state index contributed by atoms with van der Waals surface area (Å²) in [5.41, 5.74) is -1.54. The zero-order valence-electron chi connectivity index (χ0n) is 28.6. The van der Waals surface area contributed by atoms with E-state index >= 15 is 0 Å². The minimum absolute atomic E-state index is 0.0669. The minimum Gasteiger partial charge on any atom is -0.496 e. The van der Waals surface area contributed by atoms with Crippen molar-refractivity contribution >= 4 is 17.9 Å². The minimum atomic E-state index is -1.02. The lowest BCUT2D eigenvalue weighted by Gasteiger charge is -2.69. The van der Waals surface area contributed by atoms with Crippen LogP contribution in [-0.4, -0.2) is 107 Å². The predicted molar refractivity (Wildman–Crippen MR) is 168 cm³/mol. The van der Waals surface area contributed by atoms with Crippen LogP contribution in [-0.2, 0) is 38.0 Å². The van der Waals surface area contributed by atoms with Crippen LogP contribution >= 0.6 is 0 Å². The van der Waals surface area contributed by atoms with E-state index in [-0.39, 0.29) is 65.2 Å². The molecule has 0 N–H and O–H groups in total. The number of carbonyl (C=O) groups is 3. The van der Waals surface area contributed by atoms with Crippen molar-refractivity contribution in [2.24, 2.45) is 40.4 Å². The van der Waals surface area contributed by atoms with E-state index in [0.29, 0.717) is 37.2 Å². The molecule has 7 rings (SSSR count). The van der Waals surface area contributed by atoms with Gasteiger partial charge in [-0.1, -0.05) is 19.1 Å². The van der Waals surface area contributed by atoms with Gasteiger partial charge in [0.15, 0.2) is 0 Å². The number of fused-ring (bicyclic) bond motifs is 2. The Bertz CT molecular complexity index is 1420. The highest BCUT2D eigenvalue weighted by atomic mass is 16.6. The number of rotatable bonds is 10. The number of esters is 3. The predicted octanol–water partition coefficient (Wildman–Crippen LogP) is 3.52. The van der Waals surface area contributed by atoms with E-state index in [1.54, 1.807) is 40.6 Å². The molecule has 11 nitrogen and oxygen atoms in total. The summed E-state index contributed by atoms with van der Waals surface area (Å²) < 4.78 is 44.1. The lowest BCUT2D eigenvalue weighted by molar-refractivity contribution is -0.277. The number of para-hydroxylation sites is 1. The maximum atomic E-state index is 14.2. The average Bonchev–Trinajstić information content (AvgIpc) is 3.47. The molecule has 5 saturated carbocycles. The van der Waals surface area contributed by atoms with Crippen molar-refractivity contribution in [3.05, 3.63) is 29.8 Å². The zero-order valence-corrected chi connectivity index (χ0v) is 28.6. The summed E-state index contributed by atoms with van der Waals surface area (Å²) in [4.78, 5) is 42.6. The van der Waals surface area contributed by atoms with Gasteiger partial charge in [-0.3, -0.25) is 14.5 Å². The van der Waals surface area contributed by atoms with E-state index < -0.39 is 29.2 Å². The fraction of sp³-hybridized carbons (Fsp3) is 0.750. The highest BCUT2D eigenvalue weighted by Gasteiger charge is 2.88. The summed E-state index contributed by atoms with van der Waals surface area (Å²) in [6, 6.07) is 7.02. The summed E-state index contributed by atoms with van der Waals surface area (Å²) in [6.07, 6.45) is 0.962. The highest BCUT2D eigenvalue weighted by molar-refractivity contribution is 5.92. The number of likely N-dealkylation sites (tertiary alicyclic amines) is 1. The third kappa shape index (κ3) is 4.28. The zero-order chi connectivity index (χ0) is 33.5. The number of nitrogens with zero attached hydrogens (tertiary/aromatic N) is 1. The largest absolute Gasteiger partial charge is 0.496 e. The van der Waals surface area contributed by atoms with Crippen molar-refractivity contribution in [3.63, 3.8) is 0 Å². The van der Waals surface area contributed by atoms with Crippen molar-refractivity contribution in [1.82, 2.24) is 4.90 Å². The Morgan fingerprint density at radius 3 is 2.36 bits per heavy atom. The molecule has 1 aromatic rings. The lowest BCUT2D eigenvalue weighted by Crippen LogP contribution is -2.77. The average molecular weight is 656 g/mol. The molecule has 1 spiro atoms. The number of hydrogen-bond acceptors (Lipinski definition) is 11. The summed E-state index contributed by atoms with van der Waals surface area (Å²) in [7, 11) is 6.73. The van der Waals surface area contributed by atoms with Gasteiger partial charge >= 0.3 is 17.9 Å². The van der Waals surface area contributed by atoms with Gasteiger partial charge in [0, 0.05) is 88.7 Å². The molecule has 258 valence electrons. The van der Waals surface area contributed by atoms with Crippen LogP contribution in [0.1, 0.15) is 56.8 Å². The molecule has 6 fully saturated rings. The molecule has 5 aliphatic carbocycles. The normalized spacial score (nSPS) is 44.1. The SMILES string of the molecule is CCN1C[C@]2(COC)CC[C@H](OC(=O)c3ccccc3OC)[C@]34C1[C@H]([C@H](OC)[C@H]23)[C@@]1(OC(C)=O)C[C@H](OC)[C@H]2C[C@@H]4[C@@H]1[C@H]2OC(C)=O. The van der Waals surface area contributed by atoms with E-state index in [4.69, 9.17) is 33.2 Å². The quantitative estimate of drug-likeness (QED) is 0.272. The lowest BCUT2D eigenvalue weighted by atomic mass is 9.43. The Balaban J connectivity index is 1.48. The van der Waals surface area contributed by atoms with E-state index in [2.05, 4.69) is 11.8 Å². The van der Waals surface area contributed by atoms with Gasteiger partial charge in [0.1, 0.15) is 29.1 Å². The van der Waals surface area contributed by atoms with Gasteiger partial charge in [-0.15, -0.1) is 0 Å². The summed E-state index contributed by atoms with van der Waals surface area (Å²) in [5, 5.41) is 0. The molecule has 13 atom stereocenters. The molecule has 0 radical (unpaired) electrons. The Morgan fingerprint density at radius 2 is 1.72 bits per heavy atom. The monoisotopic (exact) mass is 655 g/mol. The molecule has 0 aromatic heterocycles.